The van der Waals surface area contributed by atoms with E-state index in [1.54, 1.807) is 0 Å². The number of rotatable bonds is 5. The fourth-order valence-electron chi connectivity index (χ4n) is 4.50. The van der Waals surface area contributed by atoms with Crippen molar-refractivity contribution in [3.63, 3.8) is 0 Å². The summed E-state index contributed by atoms with van der Waals surface area (Å²) in [6.07, 6.45) is 5.23. The highest BCUT2D eigenvalue weighted by Gasteiger charge is 2.27. The number of amides is 1. The Hall–Kier alpha value is -2.44. The molecule has 1 atom stereocenters. The van der Waals surface area contributed by atoms with Crippen LogP contribution in [-0.2, 0) is 4.74 Å². The third-order valence-corrected chi connectivity index (χ3v) is 6.20. The molecule has 1 unspecified atom stereocenters. The molecular weight excluding hydrogens is 402 g/mol. The Morgan fingerprint density at radius 1 is 1.12 bits per heavy atom. The number of carbonyl (C=O) groups is 1. The van der Waals surface area contributed by atoms with Gasteiger partial charge in [-0.1, -0.05) is 18.2 Å². The molecule has 1 aromatic rings. The first-order valence-electron chi connectivity index (χ1n) is 12.1. The molecule has 2 fully saturated rings. The maximum atomic E-state index is 12.4. The fraction of sp³-hybridized carbons (Fsp3) is 0.680. The summed E-state index contributed by atoms with van der Waals surface area (Å²) >= 11 is 0. The van der Waals surface area contributed by atoms with Gasteiger partial charge in [-0.3, -0.25) is 4.99 Å². The molecule has 0 aliphatic carbocycles. The van der Waals surface area contributed by atoms with Crippen molar-refractivity contribution in [1.29, 1.82) is 0 Å². The lowest BCUT2D eigenvalue weighted by Crippen LogP contribution is -2.49. The second-order valence-electron chi connectivity index (χ2n) is 9.96. The number of aliphatic imine (C=N–C) groups is 1. The van der Waals surface area contributed by atoms with Crippen molar-refractivity contribution in [2.45, 2.75) is 64.5 Å². The van der Waals surface area contributed by atoms with Gasteiger partial charge in [-0.2, -0.15) is 0 Å². The van der Waals surface area contributed by atoms with Crippen molar-refractivity contribution in [3.8, 4) is 0 Å². The Balaban J connectivity index is 1.36. The smallest absolute Gasteiger partial charge is 0.410 e. The van der Waals surface area contributed by atoms with Crippen LogP contribution in [0.3, 0.4) is 0 Å². The Morgan fingerprint density at radius 3 is 2.50 bits per heavy atom. The molecule has 0 aromatic heterocycles. The van der Waals surface area contributed by atoms with E-state index in [2.05, 4.69) is 50.9 Å². The lowest BCUT2D eigenvalue weighted by Gasteiger charge is -2.35. The van der Waals surface area contributed by atoms with Gasteiger partial charge in [0.15, 0.2) is 5.96 Å². The van der Waals surface area contributed by atoms with Crippen molar-refractivity contribution in [2.24, 2.45) is 10.9 Å². The van der Waals surface area contributed by atoms with Crippen molar-refractivity contribution < 1.29 is 9.53 Å². The van der Waals surface area contributed by atoms with Crippen molar-refractivity contribution in [3.05, 3.63) is 30.3 Å². The number of anilines is 1. The van der Waals surface area contributed by atoms with E-state index >= 15 is 0 Å². The highest BCUT2D eigenvalue weighted by atomic mass is 16.6. The van der Waals surface area contributed by atoms with E-state index in [4.69, 9.17) is 4.74 Å². The second kappa shape index (κ2) is 11.4. The molecule has 2 heterocycles. The van der Waals surface area contributed by atoms with E-state index in [0.29, 0.717) is 12.0 Å². The summed E-state index contributed by atoms with van der Waals surface area (Å²) in [5.74, 6) is 1.37. The van der Waals surface area contributed by atoms with Crippen LogP contribution in [0.25, 0.3) is 0 Å². The molecular formula is C25H41N5O2. The molecule has 0 bridgehead atoms. The summed E-state index contributed by atoms with van der Waals surface area (Å²) in [6.45, 7) is 10.3. The maximum absolute atomic E-state index is 12.4. The van der Waals surface area contributed by atoms with Crippen LogP contribution in [0.15, 0.2) is 35.3 Å². The minimum absolute atomic E-state index is 0.186. The van der Waals surface area contributed by atoms with Crippen LogP contribution in [0.2, 0.25) is 0 Å². The number of nitrogens with one attached hydrogen (secondary N) is 2. The molecule has 1 aromatic carbocycles. The molecule has 2 aliphatic rings. The zero-order chi connectivity index (χ0) is 23.0. The molecule has 2 N–H and O–H groups in total. The van der Waals surface area contributed by atoms with E-state index < -0.39 is 5.60 Å². The van der Waals surface area contributed by atoms with Crippen LogP contribution in [0.4, 0.5) is 10.5 Å². The third kappa shape index (κ3) is 7.61. The number of hydrogen-bond acceptors (Lipinski definition) is 4. The Labute approximate surface area is 193 Å². The maximum Gasteiger partial charge on any atom is 0.410 e. The summed E-state index contributed by atoms with van der Waals surface area (Å²) < 4.78 is 5.54. The third-order valence-electron chi connectivity index (χ3n) is 6.20. The zero-order valence-corrected chi connectivity index (χ0v) is 20.3. The number of benzene rings is 1. The van der Waals surface area contributed by atoms with Gasteiger partial charge >= 0.3 is 6.09 Å². The van der Waals surface area contributed by atoms with Gasteiger partial charge in [0.25, 0.3) is 0 Å². The first kappa shape index (κ1) is 24.2. The average molecular weight is 444 g/mol. The monoisotopic (exact) mass is 443 g/mol. The minimum atomic E-state index is -0.443. The number of guanidine groups is 1. The number of para-hydroxylation sites is 1. The molecule has 2 aliphatic heterocycles. The lowest BCUT2D eigenvalue weighted by atomic mass is 9.95. The van der Waals surface area contributed by atoms with Crippen LogP contribution in [0.1, 0.15) is 52.9 Å². The van der Waals surface area contributed by atoms with Crippen LogP contribution < -0.4 is 15.5 Å². The number of carbonyl (C=O) groups excluding carboxylic acids is 1. The highest BCUT2D eigenvalue weighted by Crippen LogP contribution is 2.22. The van der Waals surface area contributed by atoms with Gasteiger partial charge in [-0.15, -0.1) is 0 Å². The molecule has 1 amide bonds. The van der Waals surface area contributed by atoms with Gasteiger partial charge in [0.2, 0.25) is 0 Å². The molecule has 7 nitrogen and oxygen atoms in total. The Kier molecular flexibility index (Phi) is 8.65. The molecule has 3 rings (SSSR count). The van der Waals surface area contributed by atoms with E-state index in [9.17, 15) is 4.79 Å². The quantitative estimate of drug-likeness (QED) is 0.534. The van der Waals surface area contributed by atoms with Crippen molar-refractivity contribution in [1.82, 2.24) is 15.5 Å². The first-order chi connectivity index (χ1) is 15.3. The van der Waals surface area contributed by atoms with Crippen LogP contribution in [0.5, 0.6) is 0 Å². The van der Waals surface area contributed by atoms with E-state index in [-0.39, 0.29) is 6.09 Å². The number of likely N-dealkylation sites (tertiary alicyclic amines) is 1. The van der Waals surface area contributed by atoms with Gasteiger partial charge in [-0.05, 0) is 70.9 Å². The Morgan fingerprint density at radius 2 is 1.84 bits per heavy atom. The van der Waals surface area contributed by atoms with E-state index in [1.807, 2.05) is 32.7 Å². The largest absolute Gasteiger partial charge is 0.444 e. The summed E-state index contributed by atoms with van der Waals surface area (Å²) in [4.78, 5) is 21.1. The first-order valence-corrected chi connectivity index (χ1v) is 12.1. The van der Waals surface area contributed by atoms with E-state index in [1.165, 1.54) is 5.69 Å². The molecule has 0 saturated carbocycles. The van der Waals surface area contributed by atoms with Crippen LogP contribution in [0, 0.1) is 5.92 Å². The SMILES string of the molecule is CN=C(NCCC1CCCN(C(=O)OC(C)(C)C)C1)NC1CCN(c2ccccc2)CC1. The van der Waals surface area contributed by atoms with Gasteiger partial charge in [0, 0.05) is 51.5 Å². The summed E-state index contributed by atoms with van der Waals surface area (Å²) in [5.41, 5.74) is 0.863. The van der Waals surface area contributed by atoms with Crippen molar-refractivity contribution in [2.75, 3.05) is 44.7 Å². The second-order valence-corrected chi connectivity index (χ2v) is 9.96. The summed E-state index contributed by atoms with van der Waals surface area (Å²) in [5, 5.41) is 7.08. The normalized spacial score (nSPS) is 20.8. The number of nitrogens with zero attached hydrogens (tertiary/aromatic N) is 3. The molecule has 0 radical (unpaired) electrons. The predicted molar refractivity (Wildman–Crippen MR) is 131 cm³/mol. The molecule has 2 saturated heterocycles. The molecule has 0 spiro atoms. The molecule has 7 heteroatoms. The van der Waals surface area contributed by atoms with Gasteiger partial charge < -0.3 is 25.2 Å². The van der Waals surface area contributed by atoms with Crippen molar-refractivity contribution >= 4 is 17.7 Å². The Bertz CT molecular complexity index is 738. The topological polar surface area (TPSA) is 69.2 Å². The summed E-state index contributed by atoms with van der Waals surface area (Å²) in [6, 6.07) is 11.1. The number of piperidine rings is 2. The number of hydrogen-bond donors (Lipinski definition) is 2. The van der Waals surface area contributed by atoms with Crippen LogP contribution >= 0.6 is 0 Å². The predicted octanol–water partition coefficient (Wildman–Crippen LogP) is 3.86. The zero-order valence-electron chi connectivity index (χ0n) is 20.3. The lowest BCUT2D eigenvalue weighted by molar-refractivity contribution is 0.0162. The summed E-state index contributed by atoms with van der Waals surface area (Å²) in [7, 11) is 1.83. The van der Waals surface area contributed by atoms with Gasteiger partial charge in [0.1, 0.15) is 5.60 Å². The fourth-order valence-corrected chi connectivity index (χ4v) is 4.50. The minimum Gasteiger partial charge on any atom is -0.444 e. The highest BCUT2D eigenvalue weighted by molar-refractivity contribution is 5.80. The van der Waals surface area contributed by atoms with E-state index in [0.717, 1.165) is 70.8 Å². The number of ether oxygens (including phenoxy) is 1. The molecule has 32 heavy (non-hydrogen) atoms. The average Bonchev–Trinajstić information content (AvgIpc) is 2.78. The van der Waals surface area contributed by atoms with Crippen LogP contribution in [-0.4, -0.2) is 68.4 Å². The van der Waals surface area contributed by atoms with Gasteiger partial charge in [0.05, 0.1) is 0 Å². The standard InChI is InChI=1S/C25H41N5O2/c1-25(2,3)32-24(31)30-16-8-9-20(19-30)12-15-27-23(26-4)28-21-13-17-29(18-14-21)22-10-6-5-7-11-22/h5-7,10-11,20-21H,8-9,12-19H2,1-4H3,(H2,26,27,28). The van der Waals surface area contributed by atoms with Gasteiger partial charge in [-0.25, -0.2) is 4.79 Å². The molecule has 178 valence electrons.